The summed E-state index contributed by atoms with van der Waals surface area (Å²) in [5.41, 5.74) is 0.498. The van der Waals surface area contributed by atoms with Crippen LogP contribution in [-0.4, -0.2) is 85.6 Å². The molecule has 0 radical (unpaired) electrons. The number of benzene rings is 1. The second-order valence-electron chi connectivity index (χ2n) is 6.56. The van der Waals surface area contributed by atoms with Gasteiger partial charge in [-0.1, -0.05) is 30.3 Å². The molecule has 1 aromatic rings. The standard InChI is InChI=1S/C18H26N2O4/c21-15-18(12-16-4-2-1-3-5-16)14-19(6-11-24-18)13-17(22)20-7-9-23-10-8-20/h1-5,21H,6-15H2/t18-/m1/s1. The van der Waals surface area contributed by atoms with Gasteiger partial charge in [-0.25, -0.2) is 0 Å². The van der Waals surface area contributed by atoms with Crippen molar-refractivity contribution in [2.45, 2.75) is 12.0 Å². The molecule has 3 rings (SSSR count). The number of hydrogen-bond acceptors (Lipinski definition) is 5. The van der Waals surface area contributed by atoms with Crippen molar-refractivity contribution in [3.63, 3.8) is 0 Å². The fraction of sp³-hybridized carbons (Fsp3) is 0.611. The molecule has 2 aliphatic rings. The van der Waals surface area contributed by atoms with Crippen LogP contribution in [-0.2, 0) is 20.7 Å². The van der Waals surface area contributed by atoms with Gasteiger partial charge in [-0.05, 0) is 5.56 Å². The van der Waals surface area contributed by atoms with Gasteiger partial charge in [0.25, 0.3) is 0 Å². The van der Waals surface area contributed by atoms with E-state index in [1.54, 1.807) is 0 Å². The van der Waals surface area contributed by atoms with Gasteiger partial charge in [-0.3, -0.25) is 9.69 Å². The number of rotatable bonds is 5. The molecule has 1 aromatic carbocycles. The Balaban J connectivity index is 1.60. The molecule has 0 spiro atoms. The summed E-state index contributed by atoms with van der Waals surface area (Å²) in [5.74, 6) is 0.131. The second kappa shape index (κ2) is 8.07. The maximum absolute atomic E-state index is 12.4. The van der Waals surface area contributed by atoms with Crippen molar-refractivity contribution in [3.8, 4) is 0 Å². The molecule has 6 nitrogen and oxygen atoms in total. The minimum Gasteiger partial charge on any atom is -0.393 e. The summed E-state index contributed by atoms with van der Waals surface area (Å²) in [4.78, 5) is 16.4. The van der Waals surface area contributed by atoms with Crippen LogP contribution < -0.4 is 0 Å². The minimum atomic E-state index is -0.634. The minimum absolute atomic E-state index is 0.0514. The fourth-order valence-electron chi connectivity index (χ4n) is 3.39. The highest BCUT2D eigenvalue weighted by Crippen LogP contribution is 2.23. The van der Waals surface area contributed by atoms with Crippen LogP contribution in [0.25, 0.3) is 0 Å². The van der Waals surface area contributed by atoms with E-state index in [9.17, 15) is 9.90 Å². The van der Waals surface area contributed by atoms with Crippen LogP contribution >= 0.6 is 0 Å². The van der Waals surface area contributed by atoms with Gasteiger partial charge in [0.15, 0.2) is 0 Å². The first-order valence-corrected chi connectivity index (χ1v) is 8.57. The highest BCUT2D eigenvalue weighted by atomic mass is 16.5. The molecule has 1 amide bonds. The summed E-state index contributed by atoms with van der Waals surface area (Å²) < 4.78 is 11.2. The van der Waals surface area contributed by atoms with Gasteiger partial charge in [0.05, 0.1) is 33.0 Å². The zero-order valence-electron chi connectivity index (χ0n) is 14.0. The number of amides is 1. The SMILES string of the molecule is O=C(CN1CCO[C@](CO)(Cc2ccccc2)C1)N1CCOCC1. The lowest BCUT2D eigenvalue weighted by Crippen LogP contribution is -2.57. The van der Waals surface area contributed by atoms with Crippen LogP contribution in [0.1, 0.15) is 5.56 Å². The lowest BCUT2D eigenvalue weighted by atomic mass is 9.93. The summed E-state index contributed by atoms with van der Waals surface area (Å²) in [7, 11) is 0. The molecule has 2 saturated heterocycles. The van der Waals surface area contributed by atoms with Crippen LogP contribution in [0.2, 0.25) is 0 Å². The van der Waals surface area contributed by atoms with E-state index >= 15 is 0 Å². The fourth-order valence-corrected chi connectivity index (χ4v) is 3.39. The predicted octanol–water partition coefficient (Wildman–Crippen LogP) is 0.151. The summed E-state index contributed by atoms with van der Waals surface area (Å²) in [6.45, 7) is 4.69. The molecule has 24 heavy (non-hydrogen) atoms. The normalized spacial score (nSPS) is 25.6. The van der Waals surface area contributed by atoms with Crippen molar-refractivity contribution in [1.82, 2.24) is 9.80 Å². The maximum Gasteiger partial charge on any atom is 0.236 e. The highest BCUT2D eigenvalue weighted by molar-refractivity contribution is 5.78. The first-order chi connectivity index (χ1) is 11.7. The third-order valence-corrected chi connectivity index (χ3v) is 4.71. The first-order valence-electron chi connectivity index (χ1n) is 8.57. The molecule has 2 heterocycles. The number of hydrogen-bond donors (Lipinski definition) is 1. The summed E-state index contributed by atoms with van der Waals surface area (Å²) in [6, 6.07) is 10.0. The van der Waals surface area contributed by atoms with E-state index in [4.69, 9.17) is 9.47 Å². The van der Waals surface area contributed by atoms with E-state index in [2.05, 4.69) is 4.90 Å². The topological polar surface area (TPSA) is 62.2 Å². The molecular formula is C18H26N2O4. The van der Waals surface area contributed by atoms with Crippen molar-refractivity contribution in [2.24, 2.45) is 0 Å². The summed E-state index contributed by atoms with van der Waals surface area (Å²) >= 11 is 0. The lowest BCUT2D eigenvalue weighted by molar-refractivity contribution is -0.149. The monoisotopic (exact) mass is 334 g/mol. The Morgan fingerprint density at radius 2 is 1.88 bits per heavy atom. The van der Waals surface area contributed by atoms with Gasteiger partial charge >= 0.3 is 0 Å². The van der Waals surface area contributed by atoms with Crippen LogP contribution in [0.4, 0.5) is 0 Å². The van der Waals surface area contributed by atoms with E-state index in [0.29, 0.717) is 59.0 Å². The Bertz CT molecular complexity index is 533. The average molecular weight is 334 g/mol. The van der Waals surface area contributed by atoms with Gasteiger partial charge < -0.3 is 19.5 Å². The molecule has 0 bridgehead atoms. The van der Waals surface area contributed by atoms with Crippen LogP contribution in [0.3, 0.4) is 0 Å². The molecular weight excluding hydrogens is 308 g/mol. The third-order valence-electron chi connectivity index (χ3n) is 4.71. The van der Waals surface area contributed by atoms with E-state index in [-0.39, 0.29) is 12.5 Å². The third kappa shape index (κ3) is 4.33. The van der Waals surface area contributed by atoms with Gasteiger partial charge in [0, 0.05) is 32.6 Å². The van der Waals surface area contributed by atoms with Crippen molar-refractivity contribution in [2.75, 3.05) is 59.2 Å². The molecule has 1 N–H and O–H groups in total. The highest BCUT2D eigenvalue weighted by Gasteiger charge is 2.37. The number of carbonyl (C=O) groups excluding carboxylic acids is 1. The molecule has 1 atom stereocenters. The van der Waals surface area contributed by atoms with Crippen molar-refractivity contribution >= 4 is 5.91 Å². The largest absolute Gasteiger partial charge is 0.393 e. The first kappa shape index (κ1) is 17.4. The van der Waals surface area contributed by atoms with E-state index in [1.165, 1.54) is 0 Å². The Morgan fingerprint density at radius 1 is 1.12 bits per heavy atom. The van der Waals surface area contributed by atoms with Crippen molar-refractivity contribution in [1.29, 1.82) is 0 Å². The number of carbonyl (C=O) groups is 1. The van der Waals surface area contributed by atoms with Gasteiger partial charge in [0.1, 0.15) is 5.60 Å². The Labute approximate surface area is 143 Å². The number of aliphatic hydroxyl groups is 1. The molecule has 2 fully saturated rings. The lowest BCUT2D eigenvalue weighted by Gasteiger charge is -2.42. The number of aliphatic hydroxyl groups excluding tert-OH is 1. The molecule has 132 valence electrons. The average Bonchev–Trinajstić information content (AvgIpc) is 2.63. The molecule has 2 aliphatic heterocycles. The van der Waals surface area contributed by atoms with Crippen LogP contribution in [0.15, 0.2) is 30.3 Å². The molecule has 0 aromatic heterocycles. The van der Waals surface area contributed by atoms with Crippen molar-refractivity contribution in [3.05, 3.63) is 35.9 Å². The smallest absolute Gasteiger partial charge is 0.236 e. The summed E-state index contributed by atoms with van der Waals surface area (Å²) in [5, 5.41) is 9.94. The van der Waals surface area contributed by atoms with Crippen LogP contribution in [0.5, 0.6) is 0 Å². The number of nitrogens with zero attached hydrogens (tertiary/aromatic N) is 2. The molecule has 0 aliphatic carbocycles. The Kier molecular flexibility index (Phi) is 5.84. The van der Waals surface area contributed by atoms with E-state index < -0.39 is 5.60 Å². The molecule has 0 unspecified atom stereocenters. The van der Waals surface area contributed by atoms with Gasteiger partial charge in [0.2, 0.25) is 5.91 Å². The summed E-state index contributed by atoms with van der Waals surface area (Å²) in [6.07, 6.45) is 0.645. The Morgan fingerprint density at radius 3 is 2.58 bits per heavy atom. The van der Waals surface area contributed by atoms with Crippen LogP contribution in [0, 0.1) is 0 Å². The predicted molar refractivity (Wildman–Crippen MR) is 89.8 cm³/mol. The van der Waals surface area contributed by atoms with Gasteiger partial charge in [-0.2, -0.15) is 0 Å². The van der Waals surface area contributed by atoms with Crippen molar-refractivity contribution < 1.29 is 19.4 Å². The molecule has 0 saturated carbocycles. The zero-order valence-corrected chi connectivity index (χ0v) is 14.0. The quantitative estimate of drug-likeness (QED) is 0.831. The van der Waals surface area contributed by atoms with E-state index in [0.717, 1.165) is 5.56 Å². The Hall–Kier alpha value is -1.47. The van der Waals surface area contributed by atoms with E-state index in [1.807, 2.05) is 35.2 Å². The second-order valence-corrected chi connectivity index (χ2v) is 6.56. The maximum atomic E-state index is 12.4. The van der Waals surface area contributed by atoms with Gasteiger partial charge in [-0.15, -0.1) is 0 Å². The molecule has 6 heteroatoms. The number of morpholine rings is 2. The zero-order chi connectivity index (χ0) is 16.8. The number of ether oxygens (including phenoxy) is 2.